The van der Waals surface area contributed by atoms with E-state index >= 15 is 0 Å². The van der Waals surface area contributed by atoms with E-state index in [0.717, 1.165) is 0 Å². The van der Waals surface area contributed by atoms with Gasteiger partial charge in [-0.15, -0.1) is 0 Å². The zero-order valence-corrected chi connectivity index (χ0v) is 12.8. The van der Waals surface area contributed by atoms with Crippen molar-refractivity contribution in [2.24, 2.45) is 0 Å². The lowest BCUT2D eigenvalue weighted by Gasteiger charge is -2.13. The average molecular weight is 306 g/mol. The summed E-state index contributed by atoms with van der Waals surface area (Å²) in [6.07, 6.45) is 0.408. The summed E-state index contributed by atoms with van der Waals surface area (Å²) in [4.78, 5) is 22.7. The number of rotatable bonds is 7. The molecule has 2 rings (SSSR count). The van der Waals surface area contributed by atoms with Crippen LogP contribution in [0.1, 0.15) is 12.6 Å². The molecule has 0 spiro atoms. The maximum atomic E-state index is 12.4. The molecule has 1 aromatic carbocycles. The van der Waals surface area contributed by atoms with E-state index in [2.05, 4.69) is 5.10 Å². The predicted molar refractivity (Wildman–Crippen MR) is 80.5 cm³/mol. The molecule has 0 aliphatic carbocycles. The van der Waals surface area contributed by atoms with Gasteiger partial charge in [0.25, 0.3) is 12.0 Å². The van der Waals surface area contributed by atoms with E-state index in [1.165, 1.54) is 18.9 Å². The normalized spacial score (nSPS) is 10.5. The third-order valence-corrected chi connectivity index (χ3v) is 3.37. The van der Waals surface area contributed by atoms with Gasteiger partial charge in [-0.25, -0.2) is 4.68 Å². The van der Waals surface area contributed by atoms with Crippen LogP contribution in [0.2, 0.25) is 0 Å². The van der Waals surface area contributed by atoms with Gasteiger partial charge >= 0.3 is 0 Å². The van der Waals surface area contributed by atoms with Gasteiger partial charge in [0.05, 0.1) is 31.9 Å². The highest BCUT2D eigenvalue weighted by Gasteiger charge is 2.15. The fraction of sp³-hybridized carbons (Fsp3) is 0.400. The molecule has 0 aliphatic heterocycles. The highest BCUT2D eigenvalue weighted by Crippen LogP contribution is 2.31. The fourth-order valence-corrected chi connectivity index (χ4v) is 2.28. The Morgan fingerprint density at radius 2 is 1.82 bits per heavy atom. The molecule has 118 valence electrons. The third kappa shape index (κ3) is 2.88. The summed E-state index contributed by atoms with van der Waals surface area (Å²) in [5.41, 5.74) is 0.470. The van der Waals surface area contributed by atoms with E-state index < -0.39 is 0 Å². The van der Waals surface area contributed by atoms with Gasteiger partial charge in [0.2, 0.25) is 0 Å². The molecule has 0 N–H and O–H groups in total. The summed E-state index contributed by atoms with van der Waals surface area (Å²) in [5, 5.41) is 5.50. The molecule has 0 saturated heterocycles. The minimum absolute atomic E-state index is 0.196. The summed E-state index contributed by atoms with van der Waals surface area (Å²) in [7, 11) is 3.04. The Labute approximate surface area is 127 Å². The Hall–Kier alpha value is -2.57. The first-order valence-electron chi connectivity index (χ1n) is 6.87. The van der Waals surface area contributed by atoms with E-state index in [-0.39, 0.29) is 12.2 Å². The number of fused-ring (bicyclic) bond motifs is 1. The van der Waals surface area contributed by atoms with E-state index in [1.807, 2.05) is 6.92 Å². The van der Waals surface area contributed by atoms with Gasteiger partial charge in [-0.3, -0.25) is 9.59 Å². The topological polar surface area (TPSA) is 79.7 Å². The van der Waals surface area contributed by atoms with Gasteiger partial charge in [0.1, 0.15) is 0 Å². The molecule has 0 atom stereocenters. The minimum Gasteiger partial charge on any atom is -0.493 e. The van der Waals surface area contributed by atoms with Crippen molar-refractivity contribution in [3.8, 4) is 11.5 Å². The zero-order valence-electron chi connectivity index (χ0n) is 12.8. The van der Waals surface area contributed by atoms with E-state index in [1.54, 1.807) is 12.1 Å². The van der Waals surface area contributed by atoms with Crippen molar-refractivity contribution in [2.75, 3.05) is 20.8 Å². The quantitative estimate of drug-likeness (QED) is 0.564. The summed E-state index contributed by atoms with van der Waals surface area (Å²) in [5.74, 6) is 0.999. The average Bonchev–Trinajstić information content (AvgIpc) is 2.55. The summed E-state index contributed by atoms with van der Waals surface area (Å²) < 4.78 is 16.6. The van der Waals surface area contributed by atoms with Gasteiger partial charge in [0, 0.05) is 18.4 Å². The molecular weight excluding hydrogens is 288 g/mol. The van der Waals surface area contributed by atoms with Gasteiger partial charge in [-0.2, -0.15) is 5.10 Å². The first kappa shape index (κ1) is 15.8. The Morgan fingerprint density at radius 1 is 1.18 bits per heavy atom. The lowest BCUT2D eigenvalue weighted by molar-refractivity contribution is -0.128. The Kier molecular flexibility index (Phi) is 4.98. The largest absolute Gasteiger partial charge is 0.493 e. The monoisotopic (exact) mass is 306 g/mol. The zero-order chi connectivity index (χ0) is 16.1. The van der Waals surface area contributed by atoms with Crippen molar-refractivity contribution in [3.63, 3.8) is 0 Å². The second kappa shape index (κ2) is 6.93. The van der Waals surface area contributed by atoms with Gasteiger partial charge in [0.15, 0.2) is 11.5 Å². The number of ether oxygens (including phenoxy) is 3. The van der Waals surface area contributed by atoms with Crippen LogP contribution in [-0.4, -0.2) is 37.1 Å². The van der Waals surface area contributed by atoms with Crippen LogP contribution >= 0.6 is 0 Å². The Morgan fingerprint density at radius 3 is 2.36 bits per heavy atom. The molecule has 7 nitrogen and oxygen atoms in total. The van der Waals surface area contributed by atoms with Gasteiger partial charge < -0.3 is 14.2 Å². The van der Waals surface area contributed by atoms with Crippen LogP contribution in [0.4, 0.5) is 0 Å². The first-order chi connectivity index (χ1) is 10.7. The number of hydrogen-bond acceptors (Lipinski definition) is 6. The van der Waals surface area contributed by atoms with Crippen LogP contribution in [-0.2, 0) is 22.5 Å². The van der Waals surface area contributed by atoms with Crippen LogP contribution in [0.15, 0.2) is 16.9 Å². The van der Waals surface area contributed by atoms with Crippen molar-refractivity contribution in [1.29, 1.82) is 0 Å². The summed E-state index contributed by atoms with van der Waals surface area (Å²) >= 11 is 0. The van der Waals surface area contributed by atoms with Gasteiger partial charge in [-0.05, 0) is 19.1 Å². The Balaban J connectivity index is 2.68. The highest BCUT2D eigenvalue weighted by atomic mass is 16.5. The van der Waals surface area contributed by atoms with Crippen molar-refractivity contribution in [3.05, 3.63) is 28.2 Å². The molecule has 7 heteroatoms. The molecule has 0 unspecified atom stereocenters. The van der Waals surface area contributed by atoms with Crippen molar-refractivity contribution < 1.29 is 19.0 Å². The number of methoxy groups -OCH3 is 2. The number of nitrogens with zero attached hydrogens (tertiary/aromatic N) is 2. The third-order valence-electron chi connectivity index (χ3n) is 3.37. The minimum atomic E-state index is -0.196. The molecule has 2 aromatic rings. The Bertz CT molecular complexity index is 739. The highest BCUT2D eigenvalue weighted by molar-refractivity contribution is 5.87. The molecule has 0 amide bonds. The fourth-order valence-electron chi connectivity index (χ4n) is 2.28. The van der Waals surface area contributed by atoms with Crippen LogP contribution in [0.5, 0.6) is 11.5 Å². The van der Waals surface area contributed by atoms with E-state index in [0.29, 0.717) is 47.4 Å². The molecule has 1 heterocycles. The van der Waals surface area contributed by atoms with Crippen LogP contribution in [0.25, 0.3) is 10.8 Å². The van der Waals surface area contributed by atoms with Crippen molar-refractivity contribution in [1.82, 2.24) is 9.78 Å². The number of hydrogen-bond donors (Lipinski definition) is 0. The van der Waals surface area contributed by atoms with E-state index in [4.69, 9.17) is 14.2 Å². The number of benzene rings is 1. The molecule has 0 aliphatic rings. The maximum absolute atomic E-state index is 12.4. The lowest BCUT2D eigenvalue weighted by atomic mass is 10.1. The molecule has 22 heavy (non-hydrogen) atoms. The predicted octanol–water partition coefficient (Wildman–Crippen LogP) is 1.15. The summed E-state index contributed by atoms with van der Waals surface area (Å²) in [6.45, 7) is 2.88. The standard InChI is InChI=1S/C15H18N2O5/c1-4-17-15(19)11-8-14(21-3)13(20-2)7-10(11)12(16-17)5-6-22-9-18/h7-9H,4-6H2,1-3H3. The smallest absolute Gasteiger partial charge is 0.293 e. The van der Waals surface area contributed by atoms with Gasteiger partial charge in [-0.1, -0.05) is 0 Å². The molecule has 1 aromatic heterocycles. The second-order valence-electron chi connectivity index (χ2n) is 4.54. The van der Waals surface area contributed by atoms with Crippen LogP contribution < -0.4 is 15.0 Å². The molecule has 0 bridgehead atoms. The number of aryl methyl sites for hydroxylation is 1. The van der Waals surface area contributed by atoms with Crippen LogP contribution in [0.3, 0.4) is 0 Å². The van der Waals surface area contributed by atoms with E-state index in [9.17, 15) is 9.59 Å². The SMILES string of the molecule is CCn1nc(CCOC=O)c2cc(OC)c(OC)cc2c1=O. The van der Waals surface area contributed by atoms with Crippen LogP contribution in [0, 0.1) is 0 Å². The lowest BCUT2D eigenvalue weighted by Crippen LogP contribution is -2.24. The molecule has 0 fully saturated rings. The molecule has 0 saturated carbocycles. The molecular formula is C15H18N2O5. The number of aromatic nitrogens is 2. The number of carbonyl (C=O) groups is 1. The first-order valence-corrected chi connectivity index (χ1v) is 6.87. The van der Waals surface area contributed by atoms with Crippen molar-refractivity contribution in [2.45, 2.75) is 19.9 Å². The second-order valence-corrected chi connectivity index (χ2v) is 4.54. The summed E-state index contributed by atoms with van der Waals surface area (Å²) in [6, 6.07) is 3.37. The van der Waals surface area contributed by atoms with Crippen molar-refractivity contribution >= 4 is 17.2 Å². The maximum Gasteiger partial charge on any atom is 0.293 e. The number of carbonyl (C=O) groups excluding carboxylic acids is 1. The molecule has 0 radical (unpaired) electrons.